The van der Waals surface area contributed by atoms with E-state index < -0.39 is 0 Å². The summed E-state index contributed by atoms with van der Waals surface area (Å²) in [4.78, 5) is 0. The van der Waals surface area contributed by atoms with E-state index in [-0.39, 0.29) is 0 Å². The van der Waals surface area contributed by atoms with Crippen LogP contribution < -0.4 is 22.1 Å². The topological polar surface area (TPSA) is 96.3 Å². The van der Waals surface area contributed by atoms with Crippen LogP contribution in [-0.2, 0) is 13.1 Å². The molecule has 0 heterocycles. The fourth-order valence-electron chi connectivity index (χ4n) is 1.62. The van der Waals surface area contributed by atoms with Crippen molar-refractivity contribution in [3.05, 3.63) is 28.8 Å². The van der Waals surface area contributed by atoms with Gasteiger partial charge in [-0.25, -0.2) is 0 Å². The minimum Gasteiger partial charge on any atom is -0.507 e. The van der Waals surface area contributed by atoms with Gasteiger partial charge in [-0.2, -0.15) is 0 Å². The molecule has 0 aliphatic carbocycles. The van der Waals surface area contributed by atoms with Crippen molar-refractivity contribution in [1.82, 2.24) is 10.6 Å². The fourth-order valence-corrected chi connectivity index (χ4v) is 1.62. The number of nitrogens with two attached hydrogens (primary N) is 2. The first-order valence-electron chi connectivity index (χ1n) is 5.32. The Kier molecular flexibility index (Phi) is 5.21. The van der Waals surface area contributed by atoms with Gasteiger partial charge in [-0.15, -0.1) is 0 Å². The van der Waals surface area contributed by atoms with Crippen LogP contribution in [0.5, 0.6) is 5.75 Å². The lowest BCUT2D eigenvalue weighted by atomic mass is 10.0. The van der Waals surface area contributed by atoms with Crippen LogP contribution in [0.3, 0.4) is 0 Å². The Balaban J connectivity index is 2.86. The SMILES string of the molecule is Cc1cc(CNCN)c(O)c(CNCN)c1. The van der Waals surface area contributed by atoms with Gasteiger partial charge in [0.05, 0.1) is 0 Å². The van der Waals surface area contributed by atoms with E-state index in [9.17, 15) is 5.11 Å². The number of rotatable bonds is 6. The lowest BCUT2D eigenvalue weighted by Gasteiger charge is -2.12. The zero-order valence-electron chi connectivity index (χ0n) is 9.59. The minimum atomic E-state index is 0.313. The van der Waals surface area contributed by atoms with Crippen molar-refractivity contribution in [2.45, 2.75) is 20.0 Å². The molecule has 0 saturated heterocycles. The Hall–Kier alpha value is -1.14. The second kappa shape index (κ2) is 6.44. The van der Waals surface area contributed by atoms with Crippen molar-refractivity contribution in [2.75, 3.05) is 13.3 Å². The molecule has 5 heteroatoms. The van der Waals surface area contributed by atoms with Crippen molar-refractivity contribution in [3.63, 3.8) is 0 Å². The first-order valence-corrected chi connectivity index (χ1v) is 5.32. The number of aryl methyl sites for hydroxylation is 1. The Bertz CT molecular complexity index is 312. The first kappa shape index (κ1) is 12.9. The molecule has 5 nitrogen and oxygen atoms in total. The summed E-state index contributed by atoms with van der Waals surface area (Å²) in [6, 6.07) is 3.90. The average molecular weight is 224 g/mol. The van der Waals surface area contributed by atoms with E-state index in [1.54, 1.807) is 0 Å². The van der Waals surface area contributed by atoms with Crippen LogP contribution >= 0.6 is 0 Å². The van der Waals surface area contributed by atoms with E-state index in [1.807, 2.05) is 19.1 Å². The summed E-state index contributed by atoms with van der Waals surface area (Å²) >= 11 is 0. The maximum absolute atomic E-state index is 10.0. The molecule has 16 heavy (non-hydrogen) atoms. The summed E-state index contributed by atoms with van der Waals surface area (Å²) in [5, 5.41) is 16.0. The van der Waals surface area contributed by atoms with Gasteiger partial charge in [0.25, 0.3) is 0 Å². The lowest BCUT2D eigenvalue weighted by Crippen LogP contribution is -2.23. The molecule has 1 aromatic carbocycles. The monoisotopic (exact) mass is 224 g/mol. The molecule has 90 valence electrons. The van der Waals surface area contributed by atoms with Crippen LogP contribution in [0.2, 0.25) is 0 Å². The Morgan fingerprint density at radius 1 is 1.06 bits per heavy atom. The smallest absolute Gasteiger partial charge is 0.124 e. The molecule has 0 spiro atoms. The van der Waals surface area contributed by atoms with E-state index in [1.165, 1.54) is 0 Å². The molecule has 1 rings (SSSR count). The van der Waals surface area contributed by atoms with Crippen molar-refractivity contribution < 1.29 is 5.11 Å². The van der Waals surface area contributed by atoms with E-state index in [0.717, 1.165) is 16.7 Å². The summed E-state index contributed by atoms with van der Waals surface area (Å²) in [6.07, 6.45) is 0. The van der Waals surface area contributed by atoms with Gasteiger partial charge in [0.1, 0.15) is 5.75 Å². The molecule has 0 unspecified atom stereocenters. The second-order valence-corrected chi connectivity index (χ2v) is 3.69. The van der Waals surface area contributed by atoms with Gasteiger partial charge in [0.2, 0.25) is 0 Å². The van der Waals surface area contributed by atoms with Gasteiger partial charge in [-0.3, -0.25) is 0 Å². The van der Waals surface area contributed by atoms with Gasteiger partial charge in [0.15, 0.2) is 0 Å². The Morgan fingerprint density at radius 3 is 1.88 bits per heavy atom. The molecule has 0 bridgehead atoms. The molecule has 0 aliphatic heterocycles. The lowest BCUT2D eigenvalue weighted by molar-refractivity contribution is 0.454. The summed E-state index contributed by atoms with van der Waals surface area (Å²) in [5.74, 6) is 0.313. The molecule has 0 radical (unpaired) electrons. The van der Waals surface area contributed by atoms with Gasteiger partial charge in [0, 0.05) is 37.6 Å². The minimum absolute atomic E-state index is 0.313. The maximum atomic E-state index is 10.0. The molecular formula is C11H20N4O. The summed E-state index contributed by atoms with van der Waals surface area (Å²) in [7, 11) is 0. The highest BCUT2D eigenvalue weighted by Gasteiger charge is 2.07. The highest BCUT2D eigenvalue weighted by molar-refractivity contribution is 5.43. The zero-order chi connectivity index (χ0) is 12.0. The molecule has 1 aromatic rings. The largest absolute Gasteiger partial charge is 0.507 e. The predicted molar refractivity (Wildman–Crippen MR) is 64.6 cm³/mol. The number of nitrogens with one attached hydrogen (secondary N) is 2. The second-order valence-electron chi connectivity index (χ2n) is 3.69. The van der Waals surface area contributed by atoms with Crippen LogP contribution in [0, 0.1) is 6.92 Å². The Labute approximate surface area is 95.8 Å². The quantitative estimate of drug-likeness (QED) is 0.428. The van der Waals surface area contributed by atoms with Crippen LogP contribution in [0.1, 0.15) is 16.7 Å². The van der Waals surface area contributed by atoms with Gasteiger partial charge >= 0.3 is 0 Å². The third-order valence-corrected chi connectivity index (χ3v) is 2.33. The van der Waals surface area contributed by atoms with Crippen LogP contribution in [0.15, 0.2) is 12.1 Å². The standard InChI is InChI=1S/C11H20N4O/c1-8-2-9(4-14-6-12)11(16)10(3-8)5-15-7-13/h2-3,14-16H,4-7,12-13H2,1H3. The molecular weight excluding hydrogens is 204 g/mol. The third-order valence-electron chi connectivity index (χ3n) is 2.33. The van der Waals surface area contributed by atoms with E-state index in [2.05, 4.69) is 10.6 Å². The molecule has 0 saturated carbocycles. The van der Waals surface area contributed by atoms with Crippen molar-refractivity contribution in [2.24, 2.45) is 11.5 Å². The normalized spacial score (nSPS) is 10.7. The van der Waals surface area contributed by atoms with Crippen molar-refractivity contribution in [1.29, 1.82) is 0 Å². The first-order chi connectivity index (χ1) is 7.69. The molecule has 0 atom stereocenters. The van der Waals surface area contributed by atoms with Crippen LogP contribution in [0.4, 0.5) is 0 Å². The van der Waals surface area contributed by atoms with Crippen LogP contribution in [0.25, 0.3) is 0 Å². The average Bonchev–Trinajstić information content (AvgIpc) is 2.28. The molecule has 0 fully saturated rings. The van der Waals surface area contributed by atoms with E-state index >= 15 is 0 Å². The van der Waals surface area contributed by atoms with Crippen molar-refractivity contribution >= 4 is 0 Å². The number of aromatic hydroxyl groups is 1. The van der Waals surface area contributed by atoms with Gasteiger partial charge in [-0.05, 0) is 6.92 Å². The summed E-state index contributed by atoms with van der Waals surface area (Å²) in [5.41, 5.74) is 13.6. The number of phenolic OH excluding ortho intramolecular Hbond substituents is 1. The van der Waals surface area contributed by atoms with Gasteiger partial charge < -0.3 is 27.2 Å². The van der Waals surface area contributed by atoms with E-state index in [4.69, 9.17) is 11.5 Å². The third kappa shape index (κ3) is 3.46. The Morgan fingerprint density at radius 2 is 1.50 bits per heavy atom. The number of hydrogen-bond acceptors (Lipinski definition) is 5. The number of phenols is 1. The fraction of sp³-hybridized carbons (Fsp3) is 0.455. The maximum Gasteiger partial charge on any atom is 0.124 e. The zero-order valence-corrected chi connectivity index (χ0v) is 9.59. The molecule has 0 aliphatic rings. The predicted octanol–water partition coefficient (Wildman–Crippen LogP) is -0.288. The van der Waals surface area contributed by atoms with Crippen LogP contribution in [-0.4, -0.2) is 18.4 Å². The highest BCUT2D eigenvalue weighted by atomic mass is 16.3. The van der Waals surface area contributed by atoms with E-state index in [0.29, 0.717) is 32.2 Å². The molecule has 7 N–H and O–H groups in total. The summed E-state index contributed by atoms with van der Waals surface area (Å²) < 4.78 is 0. The number of hydrogen-bond donors (Lipinski definition) is 5. The van der Waals surface area contributed by atoms with Gasteiger partial charge in [-0.1, -0.05) is 17.7 Å². The summed E-state index contributed by atoms with van der Waals surface area (Å²) in [6.45, 7) is 3.92. The highest BCUT2D eigenvalue weighted by Crippen LogP contribution is 2.24. The molecule has 0 aromatic heterocycles. The number of benzene rings is 1. The van der Waals surface area contributed by atoms with Crippen molar-refractivity contribution in [3.8, 4) is 5.75 Å². The molecule has 0 amide bonds.